The average Bonchev–Trinajstić information content (AvgIpc) is 2.36. The maximum atomic E-state index is 13.5. The summed E-state index contributed by atoms with van der Waals surface area (Å²) in [6.07, 6.45) is 0. The zero-order valence-electron chi connectivity index (χ0n) is 12.7. The summed E-state index contributed by atoms with van der Waals surface area (Å²) in [7, 11) is -3.88. The Hall–Kier alpha value is -1.41. The second kappa shape index (κ2) is 6.00. The first kappa shape index (κ1) is 18.6. The topological polar surface area (TPSA) is 66.7 Å². The predicted molar refractivity (Wildman–Crippen MR) is 78.3 cm³/mol. The van der Waals surface area contributed by atoms with E-state index in [1.807, 2.05) is 0 Å². The number of hydrogen-bond acceptors (Lipinski definition) is 3. The average molecular weight is 337 g/mol. The highest BCUT2D eigenvalue weighted by Gasteiger charge is 2.32. The van der Waals surface area contributed by atoms with Crippen LogP contribution in [0.2, 0.25) is 0 Å². The molecule has 0 aliphatic carbocycles. The lowest BCUT2D eigenvalue weighted by molar-refractivity contribution is -0.0558. The molecule has 1 N–H and O–H groups in total. The molecule has 4 nitrogen and oxygen atoms in total. The minimum atomic E-state index is -3.88. The van der Waals surface area contributed by atoms with Gasteiger partial charge in [-0.05, 0) is 51.5 Å². The van der Waals surface area contributed by atoms with Crippen molar-refractivity contribution in [1.82, 2.24) is 0 Å². The zero-order valence-corrected chi connectivity index (χ0v) is 13.5. The largest absolute Gasteiger partial charge is 0.390 e. The summed E-state index contributed by atoms with van der Waals surface area (Å²) < 4.78 is 66.8. The number of nitrogens with zero attached hydrogens (tertiary/aromatic N) is 1. The van der Waals surface area contributed by atoms with Gasteiger partial charge in [-0.25, -0.2) is 12.8 Å². The van der Waals surface area contributed by atoms with Gasteiger partial charge in [0.05, 0.1) is 10.5 Å². The van der Waals surface area contributed by atoms with E-state index in [0.29, 0.717) is 6.07 Å². The number of alkyl halides is 2. The highest BCUT2D eigenvalue weighted by Crippen LogP contribution is 2.29. The zero-order chi connectivity index (χ0) is 17.3. The summed E-state index contributed by atoms with van der Waals surface area (Å²) in [5, 5.41) is 8.66. The number of aliphatic hydroxyl groups excluding tert-OH is 1. The standard InChI is InChI=1S/C14H18F3NO3S/c1-9(18-22(20,21)13(2,3)4)10-5-11(7-12(15)6-10)14(16,17)8-19/h5-7,19H,8H2,1-4H3/b18-9+. The van der Waals surface area contributed by atoms with E-state index in [0.717, 1.165) is 12.1 Å². The Kier molecular flexibility index (Phi) is 5.08. The fourth-order valence-electron chi connectivity index (χ4n) is 1.47. The summed E-state index contributed by atoms with van der Waals surface area (Å²) >= 11 is 0. The van der Waals surface area contributed by atoms with Gasteiger partial charge in [-0.2, -0.15) is 13.2 Å². The van der Waals surface area contributed by atoms with Crippen LogP contribution in [0, 0.1) is 5.82 Å². The van der Waals surface area contributed by atoms with Crippen molar-refractivity contribution in [3.05, 3.63) is 35.1 Å². The Morgan fingerprint density at radius 2 is 1.77 bits per heavy atom. The third kappa shape index (κ3) is 4.07. The molecule has 0 spiro atoms. The van der Waals surface area contributed by atoms with E-state index in [1.54, 1.807) is 0 Å². The van der Waals surface area contributed by atoms with Crippen molar-refractivity contribution in [2.24, 2.45) is 4.40 Å². The summed E-state index contributed by atoms with van der Waals surface area (Å²) in [6.45, 7) is 4.13. The molecule has 124 valence electrons. The summed E-state index contributed by atoms with van der Waals surface area (Å²) in [5.74, 6) is -4.59. The van der Waals surface area contributed by atoms with Crippen molar-refractivity contribution >= 4 is 15.7 Å². The van der Waals surface area contributed by atoms with Gasteiger partial charge >= 0.3 is 0 Å². The fraction of sp³-hybridized carbons (Fsp3) is 0.500. The van der Waals surface area contributed by atoms with E-state index in [4.69, 9.17) is 5.11 Å². The second-order valence-corrected chi connectivity index (χ2v) is 8.21. The van der Waals surface area contributed by atoms with Gasteiger partial charge in [-0.3, -0.25) is 0 Å². The molecule has 0 bridgehead atoms. The van der Waals surface area contributed by atoms with Crippen molar-refractivity contribution in [1.29, 1.82) is 0 Å². The molecule has 0 heterocycles. The van der Waals surface area contributed by atoms with Gasteiger partial charge in [-0.15, -0.1) is 0 Å². The lowest BCUT2D eigenvalue weighted by Crippen LogP contribution is -2.26. The van der Waals surface area contributed by atoms with E-state index in [2.05, 4.69) is 4.40 Å². The van der Waals surface area contributed by atoms with Gasteiger partial charge in [0.15, 0.2) is 0 Å². The first-order chi connectivity index (χ1) is 9.80. The fourth-order valence-corrected chi connectivity index (χ4v) is 2.21. The molecule has 0 saturated heterocycles. The molecular weight excluding hydrogens is 319 g/mol. The maximum absolute atomic E-state index is 13.5. The normalized spacial score (nSPS) is 14.3. The molecule has 1 aromatic rings. The molecular formula is C14H18F3NO3S. The van der Waals surface area contributed by atoms with Gasteiger partial charge in [-0.1, -0.05) is 0 Å². The number of halogens is 3. The Morgan fingerprint density at radius 3 is 2.23 bits per heavy atom. The van der Waals surface area contributed by atoms with Crippen LogP contribution in [0.1, 0.15) is 38.8 Å². The van der Waals surface area contributed by atoms with Gasteiger partial charge in [0.25, 0.3) is 15.9 Å². The number of hydrogen-bond donors (Lipinski definition) is 1. The summed E-state index contributed by atoms with van der Waals surface area (Å²) in [5.41, 5.74) is -0.937. The third-order valence-electron chi connectivity index (χ3n) is 2.97. The Bertz CT molecular complexity index is 692. The van der Waals surface area contributed by atoms with E-state index >= 15 is 0 Å². The van der Waals surface area contributed by atoms with Crippen molar-refractivity contribution < 1.29 is 26.7 Å². The van der Waals surface area contributed by atoms with Crippen molar-refractivity contribution in [3.63, 3.8) is 0 Å². The molecule has 1 aromatic carbocycles. The molecule has 1 rings (SSSR count). The smallest absolute Gasteiger partial charge is 0.295 e. The van der Waals surface area contributed by atoms with E-state index in [1.165, 1.54) is 27.7 Å². The Morgan fingerprint density at radius 1 is 1.23 bits per heavy atom. The minimum absolute atomic E-state index is 0.0871. The predicted octanol–water partition coefficient (Wildman–Crippen LogP) is 2.85. The van der Waals surface area contributed by atoms with Crippen molar-refractivity contribution in [2.45, 2.75) is 38.4 Å². The first-order valence-electron chi connectivity index (χ1n) is 6.41. The molecule has 0 amide bonds. The van der Waals surface area contributed by atoms with Gasteiger partial charge in [0.2, 0.25) is 0 Å². The number of rotatable bonds is 4. The first-order valence-corrected chi connectivity index (χ1v) is 7.85. The summed E-state index contributed by atoms with van der Waals surface area (Å²) in [4.78, 5) is 0. The van der Waals surface area contributed by atoms with Crippen LogP contribution in [0.4, 0.5) is 13.2 Å². The lowest BCUT2D eigenvalue weighted by atomic mass is 10.0. The van der Waals surface area contributed by atoms with Crippen LogP contribution < -0.4 is 0 Å². The molecule has 22 heavy (non-hydrogen) atoms. The highest BCUT2D eigenvalue weighted by molar-refractivity contribution is 7.91. The number of aliphatic hydroxyl groups is 1. The Balaban J connectivity index is 3.40. The van der Waals surface area contributed by atoms with E-state index in [9.17, 15) is 21.6 Å². The lowest BCUT2D eigenvalue weighted by Gasteiger charge is -2.17. The van der Waals surface area contributed by atoms with Crippen LogP contribution in [0.5, 0.6) is 0 Å². The van der Waals surface area contributed by atoms with Crippen LogP contribution in [0.3, 0.4) is 0 Å². The SMILES string of the molecule is C/C(=N\S(=O)(=O)C(C)(C)C)c1cc(F)cc(C(F)(F)CO)c1. The molecule has 0 unspecified atom stereocenters. The van der Waals surface area contributed by atoms with Gasteiger partial charge < -0.3 is 5.11 Å². The highest BCUT2D eigenvalue weighted by atomic mass is 32.2. The Labute approximate surface area is 127 Å². The molecule has 0 fully saturated rings. The van der Waals surface area contributed by atoms with Crippen molar-refractivity contribution in [2.75, 3.05) is 6.61 Å². The monoisotopic (exact) mass is 337 g/mol. The van der Waals surface area contributed by atoms with Gasteiger partial charge in [0, 0.05) is 5.56 Å². The van der Waals surface area contributed by atoms with E-state index in [-0.39, 0.29) is 11.3 Å². The maximum Gasteiger partial charge on any atom is 0.295 e. The number of benzene rings is 1. The second-order valence-electron chi connectivity index (χ2n) is 5.86. The third-order valence-corrected chi connectivity index (χ3v) is 5.03. The molecule has 0 radical (unpaired) electrons. The molecule has 0 saturated carbocycles. The van der Waals surface area contributed by atoms with Crippen LogP contribution in [0.15, 0.2) is 22.6 Å². The van der Waals surface area contributed by atoms with Gasteiger partial charge in [0.1, 0.15) is 12.4 Å². The van der Waals surface area contributed by atoms with E-state index < -0.39 is 38.7 Å². The minimum Gasteiger partial charge on any atom is -0.390 e. The molecule has 0 atom stereocenters. The van der Waals surface area contributed by atoms with Crippen LogP contribution in [-0.2, 0) is 15.9 Å². The van der Waals surface area contributed by atoms with Crippen LogP contribution in [0.25, 0.3) is 0 Å². The molecule has 8 heteroatoms. The van der Waals surface area contributed by atoms with Crippen LogP contribution in [-0.4, -0.2) is 30.6 Å². The molecule has 0 aromatic heterocycles. The van der Waals surface area contributed by atoms with Crippen molar-refractivity contribution in [3.8, 4) is 0 Å². The molecule has 0 aliphatic heterocycles. The van der Waals surface area contributed by atoms with Crippen LogP contribution >= 0.6 is 0 Å². The quantitative estimate of drug-likeness (QED) is 0.859. The summed E-state index contributed by atoms with van der Waals surface area (Å²) in [6, 6.07) is 2.41. The number of sulfonamides is 1. The molecule has 0 aliphatic rings.